The molecule has 0 aliphatic carbocycles. The van der Waals surface area contributed by atoms with Gasteiger partial charge in [0.25, 0.3) is 15.9 Å². The Morgan fingerprint density at radius 3 is 2.40 bits per heavy atom. The number of hydrogen-bond acceptors (Lipinski definition) is 6. The summed E-state index contributed by atoms with van der Waals surface area (Å²) in [5.41, 5.74) is 2.80. The van der Waals surface area contributed by atoms with Crippen LogP contribution in [0.3, 0.4) is 0 Å². The van der Waals surface area contributed by atoms with Crippen molar-refractivity contribution in [2.75, 3.05) is 41.2 Å². The van der Waals surface area contributed by atoms with E-state index in [1.54, 1.807) is 12.1 Å². The van der Waals surface area contributed by atoms with E-state index in [0.29, 0.717) is 41.2 Å². The Balaban J connectivity index is 1.30. The van der Waals surface area contributed by atoms with Crippen LogP contribution in [0.25, 0.3) is 11.0 Å². The molecule has 3 aromatic carbocycles. The molecular weight excluding hydrogens is 470 g/mol. The molecule has 1 aliphatic rings. The number of nitrogens with one attached hydrogen (secondary N) is 4. The maximum atomic E-state index is 12.9. The smallest absolute Gasteiger partial charge is 0.323 e. The number of ether oxygens (including phenoxy) is 1. The van der Waals surface area contributed by atoms with Crippen molar-refractivity contribution >= 4 is 44.0 Å². The van der Waals surface area contributed by atoms with E-state index in [9.17, 15) is 18.0 Å². The Morgan fingerprint density at radius 2 is 1.63 bits per heavy atom. The number of para-hydroxylation sites is 2. The van der Waals surface area contributed by atoms with Crippen molar-refractivity contribution in [2.24, 2.45) is 0 Å². The molecule has 4 aromatic rings. The maximum absolute atomic E-state index is 12.9. The van der Waals surface area contributed by atoms with E-state index in [-0.39, 0.29) is 10.8 Å². The normalized spacial score (nSPS) is 14.1. The van der Waals surface area contributed by atoms with Crippen molar-refractivity contribution in [3.05, 3.63) is 82.8 Å². The zero-order valence-electron chi connectivity index (χ0n) is 18.6. The van der Waals surface area contributed by atoms with Crippen LogP contribution in [0.4, 0.5) is 17.1 Å². The summed E-state index contributed by atoms with van der Waals surface area (Å²) in [6, 6.07) is 18.0. The van der Waals surface area contributed by atoms with Crippen molar-refractivity contribution in [1.29, 1.82) is 0 Å². The minimum Gasteiger partial charge on any atom is -0.378 e. The molecule has 11 heteroatoms. The number of aromatic nitrogens is 2. The first-order valence-electron chi connectivity index (χ1n) is 11.0. The van der Waals surface area contributed by atoms with Crippen LogP contribution in [0.5, 0.6) is 0 Å². The van der Waals surface area contributed by atoms with Crippen LogP contribution < -0.4 is 20.6 Å². The minimum atomic E-state index is -3.90. The van der Waals surface area contributed by atoms with E-state index in [2.05, 4.69) is 24.9 Å². The number of rotatable bonds is 6. The van der Waals surface area contributed by atoms with Gasteiger partial charge in [-0.2, -0.15) is 0 Å². The lowest BCUT2D eigenvalue weighted by Crippen LogP contribution is -2.36. The lowest BCUT2D eigenvalue weighted by Gasteiger charge is -2.30. The van der Waals surface area contributed by atoms with Gasteiger partial charge in [-0.1, -0.05) is 12.1 Å². The van der Waals surface area contributed by atoms with E-state index in [4.69, 9.17) is 4.74 Å². The third-order valence-corrected chi connectivity index (χ3v) is 7.08. The predicted molar refractivity (Wildman–Crippen MR) is 134 cm³/mol. The fourth-order valence-corrected chi connectivity index (χ4v) is 5.02. The highest BCUT2D eigenvalue weighted by atomic mass is 32.2. The van der Waals surface area contributed by atoms with Gasteiger partial charge < -0.3 is 24.9 Å². The fraction of sp³-hybridized carbons (Fsp3) is 0.167. The molecule has 1 amide bonds. The Labute approximate surface area is 201 Å². The van der Waals surface area contributed by atoms with Crippen LogP contribution in [0.1, 0.15) is 10.4 Å². The van der Waals surface area contributed by atoms with Gasteiger partial charge in [-0.15, -0.1) is 0 Å². The van der Waals surface area contributed by atoms with Gasteiger partial charge in [0.1, 0.15) is 0 Å². The Kier molecular flexibility index (Phi) is 6.01. The standard InChI is InChI=1S/C24H23N5O5S/c30-23(25-20-3-1-2-4-22(20)29-11-13-34-14-12-29)16-5-7-17(8-6-16)28-35(32,33)18-9-10-19-21(15-18)27-24(31)26-19/h1-10,15,28H,11-14H2,(H,25,30)(H2,26,27,31). The van der Waals surface area contributed by atoms with Crippen molar-refractivity contribution in [3.63, 3.8) is 0 Å². The predicted octanol–water partition coefficient (Wildman–Crippen LogP) is 2.75. The Morgan fingerprint density at radius 1 is 0.914 bits per heavy atom. The van der Waals surface area contributed by atoms with Crippen LogP contribution in [0.15, 0.2) is 76.4 Å². The molecule has 0 bridgehead atoms. The highest BCUT2D eigenvalue weighted by molar-refractivity contribution is 7.92. The number of carbonyl (C=O) groups is 1. The van der Waals surface area contributed by atoms with Crippen LogP contribution in [-0.2, 0) is 14.8 Å². The Hall–Kier alpha value is -4.09. The van der Waals surface area contributed by atoms with Gasteiger partial charge in [0.15, 0.2) is 0 Å². The summed E-state index contributed by atoms with van der Waals surface area (Å²) in [5, 5.41) is 2.94. The van der Waals surface area contributed by atoms with Crippen LogP contribution >= 0.6 is 0 Å². The molecule has 1 saturated heterocycles. The largest absolute Gasteiger partial charge is 0.378 e. The molecule has 0 saturated carbocycles. The molecule has 4 N–H and O–H groups in total. The molecule has 0 atom stereocenters. The molecule has 0 radical (unpaired) electrons. The quantitative estimate of drug-likeness (QED) is 0.326. The van der Waals surface area contributed by atoms with Gasteiger partial charge in [-0.25, -0.2) is 13.2 Å². The highest BCUT2D eigenvalue weighted by Crippen LogP contribution is 2.27. The van der Waals surface area contributed by atoms with E-state index >= 15 is 0 Å². The zero-order chi connectivity index (χ0) is 24.4. The van der Waals surface area contributed by atoms with E-state index in [1.165, 1.54) is 30.3 Å². The number of hydrogen-bond donors (Lipinski definition) is 4. The second-order valence-corrected chi connectivity index (χ2v) is 9.72. The summed E-state index contributed by atoms with van der Waals surface area (Å²) in [5.74, 6) is -0.304. The lowest BCUT2D eigenvalue weighted by molar-refractivity contribution is 0.102. The van der Waals surface area contributed by atoms with Crippen molar-refractivity contribution in [3.8, 4) is 0 Å². The van der Waals surface area contributed by atoms with E-state index in [1.807, 2.05) is 24.3 Å². The second kappa shape index (κ2) is 9.28. The number of H-pyrrole nitrogens is 2. The number of aromatic amines is 2. The monoisotopic (exact) mass is 493 g/mol. The molecule has 2 heterocycles. The Bertz CT molecular complexity index is 1540. The summed E-state index contributed by atoms with van der Waals surface area (Å²) in [7, 11) is -3.90. The van der Waals surface area contributed by atoms with Crippen molar-refractivity contribution in [1.82, 2.24) is 9.97 Å². The number of amides is 1. The number of nitrogens with zero attached hydrogens (tertiary/aromatic N) is 1. The number of sulfonamides is 1. The number of anilines is 3. The summed E-state index contributed by atoms with van der Waals surface area (Å²) < 4.78 is 33.5. The molecule has 0 spiro atoms. The summed E-state index contributed by atoms with van der Waals surface area (Å²) >= 11 is 0. The molecule has 1 aliphatic heterocycles. The number of fused-ring (bicyclic) bond motifs is 1. The SMILES string of the molecule is O=C(Nc1ccccc1N1CCOCC1)c1ccc(NS(=O)(=O)c2ccc3[nH]c(=O)[nH]c3c2)cc1. The fourth-order valence-electron chi connectivity index (χ4n) is 3.94. The first-order valence-corrected chi connectivity index (χ1v) is 12.5. The summed E-state index contributed by atoms with van der Waals surface area (Å²) in [4.78, 5) is 31.6. The zero-order valence-corrected chi connectivity index (χ0v) is 19.4. The molecule has 180 valence electrons. The minimum absolute atomic E-state index is 0.00166. The molecule has 35 heavy (non-hydrogen) atoms. The average molecular weight is 494 g/mol. The van der Waals surface area contributed by atoms with Gasteiger partial charge in [0, 0.05) is 24.3 Å². The highest BCUT2D eigenvalue weighted by Gasteiger charge is 2.18. The first-order chi connectivity index (χ1) is 16.9. The van der Waals surface area contributed by atoms with Crippen molar-refractivity contribution in [2.45, 2.75) is 4.90 Å². The number of imidazole rings is 1. The molecule has 1 aromatic heterocycles. The second-order valence-electron chi connectivity index (χ2n) is 8.04. The lowest BCUT2D eigenvalue weighted by atomic mass is 10.1. The molecule has 1 fully saturated rings. The average Bonchev–Trinajstić information content (AvgIpc) is 3.24. The molecule has 5 rings (SSSR count). The van der Waals surface area contributed by atoms with Gasteiger partial charge >= 0.3 is 5.69 Å². The number of morpholine rings is 1. The molecule has 10 nitrogen and oxygen atoms in total. The van der Waals surface area contributed by atoms with Gasteiger partial charge in [-0.3, -0.25) is 9.52 Å². The van der Waals surface area contributed by atoms with Crippen LogP contribution in [0, 0.1) is 0 Å². The van der Waals surface area contributed by atoms with Gasteiger partial charge in [0.2, 0.25) is 0 Å². The van der Waals surface area contributed by atoms with Crippen LogP contribution in [0.2, 0.25) is 0 Å². The van der Waals surface area contributed by atoms with Gasteiger partial charge in [-0.05, 0) is 54.6 Å². The van der Waals surface area contributed by atoms with Crippen molar-refractivity contribution < 1.29 is 17.9 Å². The van der Waals surface area contributed by atoms with Gasteiger partial charge in [0.05, 0.1) is 40.5 Å². The molecular formula is C24H23N5O5S. The third kappa shape index (κ3) is 4.91. The first kappa shape index (κ1) is 22.7. The topological polar surface area (TPSA) is 136 Å². The maximum Gasteiger partial charge on any atom is 0.323 e. The third-order valence-electron chi connectivity index (χ3n) is 5.70. The van der Waals surface area contributed by atoms with E-state index < -0.39 is 15.7 Å². The van der Waals surface area contributed by atoms with E-state index in [0.717, 1.165) is 18.8 Å². The summed E-state index contributed by atoms with van der Waals surface area (Å²) in [6.07, 6.45) is 0. The van der Waals surface area contributed by atoms with Crippen LogP contribution in [-0.4, -0.2) is 50.6 Å². The number of benzene rings is 3. The molecule has 0 unspecified atom stereocenters. The summed E-state index contributed by atoms with van der Waals surface area (Å²) in [6.45, 7) is 2.76. The number of carbonyl (C=O) groups excluding carboxylic acids is 1.